The summed E-state index contributed by atoms with van der Waals surface area (Å²) in [4.78, 5) is 8.54. The van der Waals surface area contributed by atoms with Gasteiger partial charge in [0.1, 0.15) is 0 Å². The van der Waals surface area contributed by atoms with Crippen LogP contribution in [0.1, 0.15) is 30.9 Å². The molecule has 0 aliphatic heterocycles. The number of nitrogens with one attached hydrogen (secondary N) is 1. The van der Waals surface area contributed by atoms with E-state index in [1.807, 2.05) is 13.2 Å². The number of aromatic nitrogens is 2. The summed E-state index contributed by atoms with van der Waals surface area (Å²) in [6.45, 7) is 1.10. The van der Waals surface area contributed by atoms with Gasteiger partial charge in [-0.2, -0.15) is 0 Å². The van der Waals surface area contributed by atoms with Crippen molar-refractivity contribution in [3.05, 3.63) is 24.3 Å². The van der Waals surface area contributed by atoms with Crippen LogP contribution in [-0.4, -0.2) is 23.6 Å². The largest absolute Gasteiger partial charge is 0.319 e. The van der Waals surface area contributed by atoms with Gasteiger partial charge in [-0.1, -0.05) is 6.42 Å². The highest BCUT2D eigenvalue weighted by atomic mass is 14.8. The Morgan fingerprint density at radius 3 is 3.07 bits per heavy atom. The Balaban J connectivity index is 2.10. The van der Waals surface area contributed by atoms with Crippen molar-refractivity contribution in [2.75, 3.05) is 13.6 Å². The van der Waals surface area contributed by atoms with Crippen molar-refractivity contribution in [1.29, 1.82) is 0 Å². The number of nitrogens with zero attached hydrogens (tertiary/aromatic N) is 2. The van der Waals surface area contributed by atoms with E-state index in [2.05, 4.69) is 15.3 Å². The molecule has 0 bridgehead atoms. The molecule has 3 heteroatoms. The van der Waals surface area contributed by atoms with Gasteiger partial charge in [0.15, 0.2) is 0 Å². The molecule has 1 N–H and O–H groups in total. The van der Waals surface area contributed by atoms with Gasteiger partial charge in [-0.3, -0.25) is 9.97 Å². The summed E-state index contributed by atoms with van der Waals surface area (Å²) in [7, 11) is 2.02. The summed E-state index contributed by atoms with van der Waals surface area (Å²) < 4.78 is 0. The third-order valence-electron chi connectivity index (χ3n) is 3.09. The van der Waals surface area contributed by atoms with E-state index in [0.29, 0.717) is 5.92 Å². The molecule has 0 radical (unpaired) electrons. The molecule has 1 aliphatic carbocycles. The minimum Gasteiger partial charge on any atom is -0.319 e. The fourth-order valence-corrected chi connectivity index (χ4v) is 2.43. The Labute approximate surface area is 85.0 Å². The minimum absolute atomic E-state index is 0.621. The van der Waals surface area contributed by atoms with Crippen LogP contribution in [0.5, 0.6) is 0 Å². The van der Waals surface area contributed by atoms with Gasteiger partial charge >= 0.3 is 0 Å². The van der Waals surface area contributed by atoms with Gasteiger partial charge in [0.25, 0.3) is 0 Å². The zero-order chi connectivity index (χ0) is 9.80. The highest BCUT2D eigenvalue weighted by Gasteiger charge is 2.28. The SMILES string of the molecule is CNCC1CCCC1c1cnccn1. The van der Waals surface area contributed by atoms with Crippen molar-refractivity contribution in [1.82, 2.24) is 15.3 Å². The first-order valence-electron chi connectivity index (χ1n) is 5.32. The Hall–Kier alpha value is -0.960. The van der Waals surface area contributed by atoms with Crippen LogP contribution >= 0.6 is 0 Å². The molecule has 1 aromatic heterocycles. The number of hydrogen-bond donors (Lipinski definition) is 1. The van der Waals surface area contributed by atoms with Crippen molar-refractivity contribution >= 4 is 0 Å². The van der Waals surface area contributed by atoms with Crippen molar-refractivity contribution in [2.24, 2.45) is 5.92 Å². The zero-order valence-electron chi connectivity index (χ0n) is 8.61. The van der Waals surface area contributed by atoms with E-state index < -0.39 is 0 Å². The molecule has 14 heavy (non-hydrogen) atoms. The normalized spacial score (nSPS) is 26.6. The summed E-state index contributed by atoms with van der Waals surface area (Å²) in [6.07, 6.45) is 9.37. The summed E-state index contributed by atoms with van der Waals surface area (Å²) in [5.74, 6) is 1.37. The number of rotatable bonds is 3. The topological polar surface area (TPSA) is 37.8 Å². The lowest BCUT2D eigenvalue weighted by Crippen LogP contribution is -2.21. The van der Waals surface area contributed by atoms with E-state index in [9.17, 15) is 0 Å². The fourth-order valence-electron chi connectivity index (χ4n) is 2.43. The van der Waals surface area contributed by atoms with Crippen LogP contribution in [-0.2, 0) is 0 Å². The molecular weight excluding hydrogens is 174 g/mol. The van der Waals surface area contributed by atoms with Crippen LogP contribution in [0.15, 0.2) is 18.6 Å². The lowest BCUT2D eigenvalue weighted by atomic mass is 9.93. The van der Waals surface area contributed by atoms with Crippen molar-refractivity contribution in [3.63, 3.8) is 0 Å². The zero-order valence-corrected chi connectivity index (χ0v) is 8.61. The molecule has 0 spiro atoms. The summed E-state index contributed by atoms with van der Waals surface area (Å²) in [6, 6.07) is 0. The highest BCUT2D eigenvalue weighted by Crippen LogP contribution is 2.37. The van der Waals surface area contributed by atoms with Crippen molar-refractivity contribution in [3.8, 4) is 0 Å². The van der Waals surface area contributed by atoms with Crippen LogP contribution in [0.2, 0.25) is 0 Å². The predicted molar refractivity (Wildman–Crippen MR) is 56.0 cm³/mol. The predicted octanol–water partition coefficient (Wildman–Crippen LogP) is 1.58. The van der Waals surface area contributed by atoms with Crippen LogP contribution in [0.3, 0.4) is 0 Å². The minimum atomic E-state index is 0.621. The van der Waals surface area contributed by atoms with E-state index >= 15 is 0 Å². The molecular formula is C11H17N3. The van der Waals surface area contributed by atoms with E-state index in [-0.39, 0.29) is 0 Å². The molecule has 1 fully saturated rings. The molecule has 2 rings (SSSR count). The van der Waals surface area contributed by atoms with Gasteiger partial charge in [-0.15, -0.1) is 0 Å². The molecule has 1 saturated carbocycles. The lowest BCUT2D eigenvalue weighted by molar-refractivity contribution is 0.454. The standard InChI is InChI=1S/C11H17N3/c1-12-7-9-3-2-4-10(9)11-8-13-5-6-14-11/h5-6,8-10,12H,2-4,7H2,1H3. The molecule has 1 heterocycles. The van der Waals surface area contributed by atoms with Crippen molar-refractivity contribution < 1.29 is 0 Å². The van der Waals surface area contributed by atoms with E-state index in [4.69, 9.17) is 0 Å². The summed E-state index contributed by atoms with van der Waals surface area (Å²) in [5, 5.41) is 3.26. The van der Waals surface area contributed by atoms with Gasteiger partial charge in [0, 0.05) is 24.5 Å². The monoisotopic (exact) mass is 191 g/mol. The Morgan fingerprint density at radius 1 is 1.43 bits per heavy atom. The van der Waals surface area contributed by atoms with Gasteiger partial charge < -0.3 is 5.32 Å². The molecule has 0 saturated heterocycles. The Kier molecular flexibility index (Phi) is 3.09. The molecule has 1 aliphatic rings. The molecule has 0 aromatic carbocycles. The van der Waals surface area contributed by atoms with Gasteiger partial charge in [0.2, 0.25) is 0 Å². The molecule has 2 unspecified atom stereocenters. The maximum atomic E-state index is 4.40. The first kappa shape index (κ1) is 9.59. The lowest BCUT2D eigenvalue weighted by Gasteiger charge is -2.17. The Bertz CT molecular complexity index is 273. The average Bonchev–Trinajstić information content (AvgIpc) is 2.68. The van der Waals surface area contributed by atoms with E-state index in [1.54, 1.807) is 12.4 Å². The van der Waals surface area contributed by atoms with E-state index in [0.717, 1.165) is 12.5 Å². The number of hydrogen-bond acceptors (Lipinski definition) is 3. The quantitative estimate of drug-likeness (QED) is 0.788. The molecule has 3 nitrogen and oxygen atoms in total. The van der Waals surface area contributed by atoms with Crippen LogP contribution < -0.4 is 5.32 Å². The summed E-state index contributed by atoms with van der Waals surface area (Å²) in [5.41, 5.74) is 1.17. The van der Waals surface area contributed by atoms with Crippen LogP contribution in [0.25, 0.3) is 0 Å². The van der Waals surface area contributed by atoms with Gasteiger partial charge in [0.05, 0.1) is 5.69 Å². The average molecular weight is 191 g/mol. The van der Waals surface area contributed by atoms with Crippen molar-refractivity contribution in [2.45, 2.75) is 25.2 Å². The fraction of sp³-hybridized carbons (Fsp3) is 0.636. The molecule has 1 aromatic rings. The molecule has 76 valence electrons. The van der Waals surface area contributed by atoms with Crippen LogP contribution in [0.4, 0.5) is 0 Å². The molecule has 0 amide bonds. The third-order valence-corrected chi connectivity index (χ3v) is 3.09. The third kappa shape index (κ3) is 1.93. The van der Waals surface area contributed by atoms with Crippen LogP contribution in [0, 0.1) is 5.92 Å². The maximum absolute atomic E-state index is 4.40. The first-order chi connectivity index (χ1) is 6.92. The maximum Gasteiger partial charge on any atom is 0.0620 e. The second-order valence-corrected chi connectivity index (χ2v) is 3.99. The highest BCUT2D eigenvalue weighted by molar-refractivity contribution is 5.07. The Morgan fingerprint density at radius 2 is 2.36 bits per heavy atom. The smallest absolute Gasteiger partial charge is 0.0620 e. The molecule has 2 atom stereocenters. The van der Waals surface area contributed by atoms with E-state index in [1.165, 1.54) is 25.0 Å². The second-order valence-electron chi connectivity index (χ2n) is 3.99. The summed E-state index contributed by atoms with van der Waals surface area (Å²) >= 11 is 0. The van der Waals surface area contributed by atoms with Gasteiger partial charge in [-0.25, -0.2) is 0 Å². The second kappa shape index (κ2) is 4.51. The van der Waals surface area contributed by atoms with Gasteiger partial charge in [-0.05, 0) is 32.4 Å². The first-order valence-corrected chi connectivity index (χ1v) is 5.32.